The number of hydrogen-bond donors (Lipinski definition) is 2. The molecule has 0 bridgehead atoms. The molecule has 7 heteroatoms. The molecule has 0 unspecified atom stereocenters. The van der Waals surface area contributed by atoms with Gasteiger partial charge in [0.25, 0.3) is 0 Å². The highest BCUT2D eigenvalue weighted by atomic mass is 35.5. The lowest BCUT2D eigenvalue weighted by Gasteiger charge is -2.16. The van der Waals surface area contributed by atoms with E-state index >= 15 is 0 Å². The molecule has 25 heavy (non-hydrogen) atoms. The zero-order valence-corrected chi connectivity index (χ0v) is 15.2. The molecular formula is C18H19ClN2O3S. The van der Waals surface area contributed by atoms with Crippen LogP contribution >= 0.6 is 11.6 Å². The second-order valence-corrected chi connectivity index (χ2v) is 8.22. The molecule has 1 aliphatic carbocycles. The van der Waals surface area contributed by atoms with E-state index < -0.39 is 15.9 Å². The smallest absolute Gasteiger partial charge is 0.241 e. The number of hydrogen-bond acceptors (Lipinski definition) is 3. The van der Waals surface area contributed by atoms with Gasteiger partial charge in [-0.2, -0.15) is 0 Å². The molecule has 0 spiro atoms. The van der Waals surface area contributed by atoms with Crippen LogP contribution in [0.3, 0.4) is 0 Å². The summed E-state index contributed by atoms with van der Waals surface area (Å²) in [4.78, 5) is 12.1. The molecule has 1 amide bonds. The van der Waals surface area contributed by atoms with Crippen LogP contribution in [-0.2, 0) is 27.7 Å². The first-order valence-electron chi connectivity index (χ1n) is 8.11. The summed E-state index contributed by atoms with van der Waals surface area (Å²) in [6.07, 6.45) is 4.11. The Morgan fingerprint density at radius 3 is 2.40 bits per heavy atom. The molecule has 5 nitrogen and oxygen atoms in total. The van der Waals surface area contributed by atoms with E-state index in [-0.39, 0.29) is 11.4 Å². The van der Waals surface area contributed by atoms with Gasteiger partial charge < -0.3 is 5.32 Å². The Morgan fingerprint density at radius 1 is 1.00 bits per heavy atom. The Morgan fingerprint density at radius 2 is 1.68 bits per heavy atom. The van der Waals surface area contributed by atoms with E-state index in [9.17, 15) is 13.2 Å². The highest BCUT2D eigenvalue weighted by Crippen LogP contribution is 2.24. The van der Waals surface area contributed by atoms with Crippen molar-refractivity contribution in [3.8, 4) is 0 Å². The number of rotatable bonds is 5. The molecule has 0 saturated carbocycles. The topological polar surface area (TPSA) is 75.3 Å². The first kappa shape index (κ1) is 17.9. The van der Waals surface area contributed by atoms with Crippen molar-refractivity contribution in [1.29, 1.82) is 0 Å². The van der Waals surface area contributed by atoms with E-state index in [4.69, 9.17) is 11.6 Å². The Kier molecular flexibility index (Phi) is 5.42. The Balaban J connectivity index is 1.63. The molecular weight excluding hydrogens is 360 g/mol. The molecule has 0 atom stereocenters. The first-order chi connectivity index (χ1) is 11.9. The van der Waals surface area contributed by atoms with Crippen molar-refractivity contribution >= 4 is 33.2 Å². The van der Waals surface area contributed by atoms with Crippen molar-refractivity contribution in [2.45, 2.75) is 30.6 Å². The largest absolute Gasteiger partial charge is 0.325 e. The van der Waals surface area contributed by atoms with Crippen LogP contribution in [0.2, 0.25) is 5.02 Å². The van der Waals surface area contributed by atoms with Gasteiger partial charge in [-0.1, -0.05) is 17.7 Å². The number of nitrogens with one attached hydrogen (secondary N) is 2. The number of benzene rings is 2. The number of carbonyl (C=O) groups excluding carboxylic acids is 1. The highest BCUT2D eigenvalue weighted by Gasteiger charge is 2.18. The van der Waals surface area contributed by atoms with Crippen LogP contribution in [0.1, 0.15) is 24.0 Å². The quantitative estimate of drug-likeness (QED) is 0.839. The van der Waals surface area contributed by atoms with Crippen molar-refractivity contribution in [1.82, 2.24) is 4.72 Å². The van der Waals surface area contributed by atoms with Crippen LogP contribution in [0.4, 0.5) is 5.69 Å². The van der Waals surface area contributed by atoms with Gasteiger partial charge in [-0.3, -0.25) is 4.79 Å². The monoisotopic (exact) mass is 378 g/mol. The Labute approximate surface area is 152 Å². The maximum atomic E-state index is 12.4. The summed E-state index contributed by atoms with van der Waals surface area (Å²) in [6, 6.07) is 11.8. The number of amides is 1. The van der Waals surface area contributed by atoms with Crippen LogP contribution in [0, 0.1) is 0 Å². The lowest BCUT2D eigenvalue weighted by atomic mass is 9.92. The van der Waals surface area contributed by atoms with Crippen LogP contribution in [0.25, 0.3) is 0 Å². The van der Waals surface area contributed by atoms with Crippen molar-refractivity contribution in [3.05, 3.63) is 58.6 Å². The second kappa shape index (κ2) is 7.56. The number of carbonyl (C=O) groups is 1. The fourth-order valence-electron chi connectivity index (χ4n) is 2.86. The summed E-state index contributed by atoms with van der Waals surface area (Å²) in [6.45, 7) is -0.331. The van der Waals surface area contributed by atoms with E-state index in [1.54, 1.807) is 36.4 Å². The summed E-state index contributed by atoms with van der Waals surface area (Å²) in [5, 5.41) is 3.18. The van der Waals surface area contributed by atoms with Crippen molar-refractivity contribution in [2.24, 2.45) is 0 Å². The van der Waals surface area contributed by atoms with E-state index in [0.717, 1.165) is 31.2 Å². The van der Waals surface area contributed by atoms with E-state index in [0.29, 0.717) is 10.7 Å². The van der Waals surface area contributed by atoms with Gasteiger partial charge in [0.2, 0.25) is 15.9 Å². The molecule has 1 aliphatic rings. The summed E-state index contributed by atoms with van der Waals surface area (Å²) in [5.41, 5.74) is 2.85. The maximum absolute atomic E-state index is 12.4. The molecule has 2 aromatic carbocycles. The number of aryl methyl sites for hydroxylation is 2. The standard InChI is InChI=1S/C18H19ClN2O3S/c19-15-6-8-16(9-7-15)21-18(22)12-20-25(23,24)17-10-5-13-3-1-2-4-14(13)11-17/h5-11,20H,1-4,12H2,(H,21,22). The van der Waals surface area contributed by atoms with Gasteiger partial charge in [-0.15, -0.1) is 0 Å². The minimum atomic E-state index is -3.72. The summed E-state index contributed by atoms with van der Waals surface area (Å²) in [7, 11) is -3.72. The van der Waals surface area contributed by atoms with Crippen molar-refractivity contribution in [3.63, 3.8) is 0 Å². The van der Waals surface area contributed by atoms with Crippen LogP contribution in [0.5, 0.6) is 0 Å². The minimum absolute atomic E-state index is 0.201. The molecule has 0 saturated heterocycles. The molecule has 3 rings (SSSR count). The third kappa shape index (κ3) is 4.60. The molecule has 0 aromatic heterocycles. The average molecular weight is 379 g/mol. The molecule has 0 radical (unpaired) electrons. The van der Waals surface area contributed by atoms with Gasteiger partial charge in [0, 0.05) is 10.7 Å². The maximum Gasteiger partial charge on any atom is 0.241 e. The fourth-order valence-corrected chi connectivity index (χ4v) is 4.02. The number of sulfonamides is 1. The number of anilines is 1. The van der Waals surface area contributed by atoms with Gasteiger partial charge in [-0.25, -0.2) is 13.1 Å². The number of fused-ring (bicyclic) bond motifs is 1. The third-order valence-electron chi connectivity index (χ3n) is 4.18. The zero-order valence-electron chi connectivity index (χ0n) is 13.6. The van der Waals surface area contributed by atoms with E-state index in [1.807, 2.05) is 6.07 Å². The molecule has 0 aliphatic heterocycles. The Hall–Kier alpha value is -1.89. The van der Waals surface area contributed by atoms with Crippen LogP contribution < -0.4 is 10.0 Å². The van der Waals surface area contributed by atoms with Gasteiger partial charge >= 0.3 is 0 Å². The number of halogens is 1. The van der Waals surface area contributed by atoms with Crippen LogP contribution in [-0.4, -0.2) is 20.9 Å². The SMILES string of the molecule is O=C(CNS(=O)(=O)c1ccc2c(c1)CCCC2)Nc1ccc(Cl)cc1. The third-order valence-corrected chi connectivity index (χ3v) is 5.83. The first-order valence-corrected chi connectivity index (χ1v) is 9.97. The predicted molar refractivity (Wildman–Crippen MR) is 98.4 cm³/mol. The average Bonchev–Trinajstić information content (AvgIpc) is 2.62. The predicted octanol–water partition coefficient (Wildman–Crippen LogP) is 3.14. The Bertz CT molecular complexity index is 880. The normalized spacial score (nSPS) is 14.0. The lowest BCUT2D eigenvalue weighted by Crippen LogP contribution is -2.33. The van der Waals surface area contributed by atoms with Crippen LogP contribution in [0.15, 0.2) is 47.4 Å². The summed E-state index contributed by atoms with van der Waals surface area (Å²) >= 11 is 5.78. The molecule has 132 valence electrons. The second-order valence-electron chi connectivity index (χ2n) is 6.02. The van der Waals surface area contributed by atoms with Crippen molar-refractivity contribution < 1.29 is 13.2 Å². The van der Waals surface area contributed by atoms with E-state index in [2.05, 4.69) is 10.0 Å². The zero-order chi connectivity index (χ0) is 17.9. The molecule has 2 aromatic rings. The van der Waals surface area contributed by atoms with Crippen molar-refractivity contribution in [2.75, 3.05) is 11.9 Å². The lowest BCUT2D eigenvalue weighted by molar-refractivity contribution is -0.115. The van der Waals surface area contributed by atoms with Gasteiger partial charge in [0.15, 0.2) is 0 Å². The molecule has 0 fully saturated rings. The minimum Gasteiger partial charge on any atom is -0.325 e. The van der Waals surface area contributed by atoms with Gasteiger partial charge in [0.05, 0.1) is 11.4 Å². The molecule has 0 heterocycles. The van der Waals surface area contributed by atoms with Gasteiger partial charge in [0.1, 0.15) is 0 Å². The summed E-state index contributed by atoms with van der Waals surface area (Å²) in [5.74, 6) is -0.441. The summed E-state index contributed by atoms with van der Waals surface area (Å²) < 4.78 is 27.2. The van der Waals surface area contributed by atoms with Gasteiger partial charge in [-0.05, 0) is 73.2 Å². The highest BCUT2D eigenvalue weighted by molar-refractivity contribution is 7.89. The fraction of sp³-hybridized carbons (Fsp3) is 0.278. The van der Waals surface area contributed by atoms with E-state index in [1.165, 1.54) is 5.56 Å². The molecule has 2 N–H and O–H groups in total.